The summed E-state index contributed by atoms with van der Waals surface area (Å²) in [7, 11) is -1.60. The van der Waals surface area contributed by atoms with E-state index in [2.05, 4.69) is 15.6 Å². The molecule has 1 aromatic rings. The number of hydrogen-bond acceptors (Lipinski definition) is 4. The number of aliphatic imine (C=N–C) groups is 1. The maximum Gasteiger partial charge on any atom is 0.243 e. The Balaban J connectivity index is 1.42. The number of hydrogen-bond donors (Lipinski definition) is 2. The van der Waals surface area contributed by atoms with Gasteiger partial charge in [0.2, 0.25) is 10.0 Å². The molecule has 0 radical (unpaired) electrons. The zero-order valence-corrected chi connectivity index (χ0v) is 16.7. The molecule has 1 aromatic carbocycles. The first-order valence-corrected chi connectivity index (χ1v) is 11.1. The van der Waals surface area contributed by atoms with Gasteiger partial charge in [0.05, 0.1) is 11.5 Å². The third kappa shape index (κ3) is 5.43. The zero-order chi connectivity index (χ0) is 19.1. The summed E-state index contributed by atoms with van der Waals surface area (Å²) in [5, 5.41) is 6.74. The van der Waals surface area contributed by atoms with Gasteiger partial charge in [0, 0.05) is 45.8 Å². The molecule has 0 amide bonds. The Morgan fingerprint density at radius 1 is 1.11 bits per heavy atom. The van der Waals surface area contributed by atoms with Gasteiger partial charge in [-0.3, -0.25) is 4.99 Å². The minimum absolute atomic E-state index is 0.377. The molecule has 1 unspecified atom stereocenters. The lowest BCUT2D eigenvalue weighted by atomic mass is 9.98. The first kappa shape index (κ1) is 20.1. The molecule has 27 heavy (non-hydrogen) atoms. The predicted octanol–water partition coefficient (Wildman–Crippen LogP) is 1.29. The van der Waals surface area contributed by atoms with E-state index in [1.165, 1.54) is 0 Å². The van der Waals surface area contributed by atoms with Crippen LogP contribution in [0, 0.1) is 11.8 Å². The molecular weight excluding hydrogens is 364 g/mol. The summed E-state index contributed by atoms with van der Waals surface area (Å²) < 4.78 is 32.4. The van der Waals surface area contributed by atoms with E-state index in [1.807, 2.05) is 6.07 Å². The monoisotopic (exact) mass is 394 g/mol. The van der Waals surface area contributed by atoms with Crippen LogP contribution in [-0.4, -0.2) is 65.1 Å². The lowest BCUT2D eigenvalue weighted by Crippen LogP contribution is -2.45. The normalized spacial score (nSPS) is 22.7. The molecule has 0 aliphatic carbocycles. The molecule has 2 fully saturated rings. The molecule has 8 heteroatoms. The van der Waals surface area contributed by atoms with E-state index < -0.39 is 10.0 Å². The van der Waals surface area contributed by atoms with Gasteiger partial charge in [-0.25, -0.2) is 8.42 Å². The van der Waals surface area contributed by atoms with Crippen LogP contribution in [-0.2, 0) is 14.8 Å². The smallest absolute Gasteiger partial charge is 0.243 e. The highest BCUT2D eigenvalue weighted by Crippen LogP contribution is 2.23. The molecule has 0 saturated carbocycles. The van der Waals surface area contributed by atoms with E-state index in [4.69, 9.17) is 4.74 Å². The summed E-state index contributed by atoms with van der Waals surface area (Å²) in [6, 6.07) is 8.68. The van der Waals surface area contributed by atoms with Crippen molar-refractivity contribution in [2.75, 3.05) is 46.4 Å². The molecule has 2 N–H and O–H groups in total. The Bertz CT molecular complexity index is 710. The molecule has 0 bridgehead atoms. The van der Waals surface area contributed by atoms with Crippen LogP contribution in [0.25, 0.3) is 0 Å². The van der Waals surface area contributed by atoms with E-state index in [1.54, 1.807) is 35.6 Å². The molecule has 3 rings (SSSR count). The Hall–Kier alpha value is -1.64. The van der Waals surface area contributed by atoms with E-state index in [0.29, 0.717) is 29.8 Å². The zero-order valence-electron chi connectivity index (χ0n) is 15.9. The standard InChI is InChI=1S/C19H30N4O3S/c1-20-19(22-14-17-9-12-26-15-17)21-13-16-7-10-23(11-8-16)27(24,25)18-5-3-2-4-6-18/h2-6,16-17H,7-15H2,1H3,(H2,20,21,22). The Morgan fingerprint density at radius 3 is 2.37 bits per heavy atom. The molecule has 0 spiro atoms. The quantitative estimate of drug-likeness (QED) is 0.561. The summed E-state index contributed by atoms with van der Waals surface area (Å²) in [6.45, 7) is 4.47. The lowest BCUT2D eigenvalue weighted by Gasteiger charge is -2.31. The molecule has 0 aromatic heterocycles. The maximum absolute atomic E-state index is 12.7. The molecule has 1 atom stereocenters. The Labute approximate surface area is 162 Å². The summed E-state index contributed by atoms with van der Waals surface area (Å²) in [5.41, 5.74) is 0. The minimum atomic E-state index is -3.37. The summed E-state index contributed by atoms with van der Waals surface area (Å²) >= 11 is 0. The van der Waals surface area contributed by atoms with Crippen molar-refractivity contribution in [2.24, 2.45) is 16.8 Å². The van der Waals surface area contributed by atoms with Gasteiger partial charge < -0.3 is 15.4 Å². The molecule has 2 aliphatic rings. The van der Waals surface area contributed by atoms with Crippen LogP contribution in [0.5, 0.6) is 0 Å². The number of nitrogens with zero attached hydrogens (tertiary/aromatic N) is 2. The van der Waals surface area contributed by atoms with Crippen molar-refractivity contribution in [2.45, 2.75) is 24.2 Å². The van der Waals surface area contributed by atoms with Crippen molar-refractivity contribution in [3.63, 3.8) is 0 Å². The third-order valence-electron chi connectivity index (χ3n) is 5.32. The SMILES string of the molecule is CN=C(NCC1CCN(S(=O)(=O)c2ccccc2)CC1)NCC1CCOC1. The van der Waals surface area contributed by atoms with Crippen molar-refractivity contribution in [3.05, 3.63) is 30.3 Å². The van der Waals surface area contributed by atoms with E-state index in [-0.39, 0.29) is 0 Å². The van der Waals surface area contributed by atoms with Gasteiger partial charge in [-0.05, 0) is 37.3 Å². The van der Waals surface area contributed by atoms with Crippen LogP contribution >= 0.6 is 0 Å². The van der Waals surface area contributed by atoms with Crippen LogP contribution in [0.3, 0.4) is 0 Å². The van der Waals surface area contributed by atoms with Gasteiger partial charge in [-0.15, -0.1) is 0 Å². The maximum atomic E-state index is 12.7. The fourth-order valence-corrected chi connectivity index (χ4v) is 5.03. The predicted molar refractivity (Wildman–Crippen MR) is 106 cm³/mol. The largest absolute Gasteiger partial charge is 0.381 e. The number of benzene rings is 1. The van der Waals surface area contributed by atoms with Crippen molar-refractivity contribution >= 4 is 16.0 Å². The minimum Gasteiger partial charge on any atom is -0.381 e. The molecule has 2 saturated heterocycles. The van der Waals surface area contributed by atoms with Crippen LogP contribution in [0.4, 0.5) is 0 Å². The highest BCUT2D eigenvalue weighted by molar-refractivity contribution is 7.89. The van der Waals surface area contributed by atoms with Gasteiger partial charge in [0.1, 0.15) is 0 Å². The van der Waals surface area contributed by atoms with Crippen molar-refractivity contribution in [1.29, 1.82) is 0 Å². The van der Waals surface area contributed by atoms with Crippen LogP contribution in [0.2, 0.25) is 0 Å². The molecule has 150 valence electrons. The van der Waals surface area contributed by atoms with Gasteiger partial charge in [0.15, 0.2) is 5.96 Å². The number of guanidine groups is 1. The second kappa shape index (κ2) is 9.52. The molecule has 2 aliphatic heterocycles. The summed E-state index contributed by atoms with van der Waals surface area (Å²) in [4.78, 5) is 4.65. The molecular formula is C19H30N4O3S. The van der Waals surface area contributed by atoms with E-state index >= 15 is 0 Å². The first-order chi connectivity index (χ1) is 13.1. The van der Waals surface area contributed by atoms with Crippen LogP contribution in [0.15, 0.2) is 40.2 Å². The number of ether oxygens (including phenoxy) is 1. The number of rotatable bonds is 6. The fraction of sp³-hybridized carbons (Fsp3) is 0.632. The average Bonchev–Trinajstić information content (AvgIpc) is 3.23. The second-order valence-corrected chi connectivity index (χ2v) is 9.16. The van der Waals surface area contributed by atoms with Crippen molar-refractivity contribution < 1.29 is 13.2 Å². The van der Waals surface area contributed by atoms with Crippen LogP contribution < -0.4 is 10.6 Å². The van der Waals surface area contributed by atoms with Gasteiger partial charge in [-0.2, -0.15) is 4.31 Å². The lowest BCUT2D eigenvalue weighted by molar-refractivity contribution is 0.186. The van der Waals surface area contributed by atoms with E-state index in [9.17, 15) is 8.42 Å². The Morgan fingerprint density at radius 2 is 1.78 bits per heavy atom. The highest BCUT2D eigenvalue weighted by atomic mass is 32.2. The number of sulfonamides is 1. The van der Waals surface area contributed by atoms with E-state index in [0.717, 1.165) is 51.5 Å². The van der Waals surface area contributed by atoms with Crippen molar-refractivity contribution in [1.82, 2.24) is 14.9 Å². The number of piperidine rings is 1. The number of nitrogens with one attached hydrogen (secondary N) is 2. The topological polar surface area (TPSA) is 83.0 Å². The summed E-state index contributed by atoms with van der Waals surface area (Å²) in [5.74, 6) is 1.80. The average molecular weight is 395 g/mol. The molecule has 2 heterocycles. The third-order valence-corrected chi connectivity index (χ3v) is 7.23. The molecule has 7 nitrogen and oxygen atoms in total. The van der Waals surface area contributed by atoms with Gasteiger partial charge >= 0.3 is 0 Å². The second-order valence-electron chi connectivity index (χ2n) is 7.22. The fourth-order valence-electron chi connectivity index (χ4n) is 3.54. The summed E-state index contributed by atoms with van der Waals surface area (Å²) in [6.07, 6.45) is 2.80. The van der Waals surface area contributed by atoms with Crippen molar-refractivity contribution in [3.8, 4) is 0 Å². The van der Waals surface area contributed by atoms with Gasteiger partial charge in [0.25, 0.3) is 0 Å². The highest BCUT2D eigenvalue weighted by Gasteiger charge is 2.29. The van der Waals surface area contributed by atoms with Crippen LogP contribution in [0.1, 0.15) is 19.3 Å². The Kier molecular flexibility index (Phi) is 7.09. The first-order valence-electron chi connectivity index (χ1n) is 9.67. The van der Waals surface area contributed by atoms with Gasteiger partial charge in [-0.1, -0.05) is 18.2 Å².